The molecule has 8 atom stereocenters. The maximum absolute atomic E-state index is 14.0. The molecule has 2 N–H and O–H groups in total. The summed E-state index contributed by atoms with van der Waals surface area (Å²) < 4.78 is 29.0. The van der Waals surface area contributed by atoms with Gasteiger partial charge >= 0.3 is 12.1 Å². The number of halogens is 1. The van der Waals surface area contributed by atoms with E-state index >= 15 is 0 Å². The van der Waals surface area contributed by atoms with Crippen molar-refractivity contribution in [1.29, 1.82) is 0 Å². The Bertz CT molecular complexity index is 1520. The number of ether oxygens (including phenoxy) is 5. The number of fused-ring (bicyclic) bond motifs is 5. The first-order valence-electron chi connectivity index (χ1n) is 16.3. The molecule has 1 aromatic carbocycles. The number of hydrogen-bond donors (Lipinski definition) is 2. The second kappa shape index (κ2) is 15.1. The highest BCUT2D eigenvalue weighted by Gasteiger charge is 2.64. The number of carbonyl (C=O) groups excluding carboxylic acids is 4. The summed E-state index contributed by atoms with van der Waals surface area (Å²) in [4.78, 5) is 55.3. The van der Waals surface area contributed by atoms with E-state index in [0.29, 0.717) is 17.9 Å². The van der Waals surface area contributed by atoms with Crippen molar-refractivity contribution >= 4 is 41.2 Å². The van der Waals surface area contributed by atoms with Gasteiger partial charge in [-0.1, -0.05) is 49.2 Å². The molecule has 2 fully saturated rings. The Morgan fingerprint density at radius 1 is 1.27 bits per heavy atom. The molecule has 0 unspecified atom stereocenters. The van der Waals surface area contributed by atoms with Crippen LogP contribution in [0.1, 0.15) is 59.4 Å². The minimum atomic E-state index is -1.82. The zero-order valence-corrected chi connectivity index (χ0v) is 30.3. The summed E-state index contributed by atoms with van der Waals surface area (Å²) in [6.07, 6.45) is 1.22. The summed E-state index contributed by atoms with van der Waals surface area (Å²) in [5.41, 5.74) is -0.870. The van der Waals surface area contributed by atoms with E-state index < -0.39 is 65.7 Å². The number of nitrogens with zero attached hydrogens (tertiary/aromatic N) is 2. The van der Waals surface area contributed by atoms with Crippen molar-refractivity contribution in [2.24, 2.45) is 5.92 Å². The van der Waals surface area contributed by atoms with Crippen LogP contribution in [0.5, 0.6) is 5.75 Å². The Kier molecular flexibility index (Phi) is 11.7. The van der Waals surface area contributed by atoms with Gasteiger partial charge in [-0.25, -0.2) is 9.59 Å². The molecule has 3 aliphatic rings. The third kappa shape index (κ3) is 8.06. The van der Waals surface area contributed by atoms with Gasteiger partial charge in [0.2, 0.25) is 11.8 Å². The molecule has 0 radical (unpaired) electrons. The van der Waals surface area contributed by atoms with E-state index in [4.69, 9.17) is 35.3 Å². The van der Waals surface area contributed by atoms with E-state index in [1.807, 2.05) is 13.0 Å². The summed E-state index contributed by atoms with van der Waals surface area (Å²) in [7, 11) is 6.01. The van der Waals surface area contributed by atoms with Crippen LogP contribution in [0, 0.1) is 5.92 Å². The summed E-state index contributed by atoms with van der Waals surface area (Å²) in [5.74, 6) is -1.53. The van der Waals surface area contributed by atoms with E-state index in [1.165, 1.54) is 31.1 Å². The minimum absolute atomic E-state index is 0.0431. The fraction of sp³-hybridized carbons (Fsp3) is 0.600. The molecule has 0 aliphatic carbocycles. The first kappa shape index (κ1) is 38.2. The number of likely N-dealkylation sites (N-methyl/N-ethyl adjacent to an activating group) is 1. The Labute approximate surface area is 292 Å². The van der Waals surface area contributed by atoms with Gasteiger partial charge in [0.25, 0.3) is 0 Å². The number of aliphatic hydroxyl groups is 1. The highest BCUT2D eigenvalue weighted by molar-refractivity contribution is 6.35. The number of alkyl carbamates (subject to hydrolysis) is 1. The Balaban J connectivity index is 1.79. The standard InChI is InChI=1S/C35H48ClN3O10/c1-10-28(40)38(6)21(4)32(42)48-27-17-29(41)39(7)23-15-22(16-24(45-8)30(23)36)14-19(2)12-11-13-26(46-9)35(44)18-25(47-33(43)37-35)20(3)31-34(27,5)49-31/h11-13,15-16,20-21,25-27,31,44H,10,14,17-18H2,1-9H3,(H,37,43)/b13-11?,19-12+/t20-,21+,25+,26-,27+,31+,34+,35+/m1/s1. The minimum Gasteiger partial charge on any atom is -0.495 e. The zero-order chi connectivity index (χ0) is 36.4. The van der Waals surface area contributed by atoms with Crippen molar-refractivity contribution in [3.8, 4) is 5.75 Å². The molecular weight excluding hydrogens is 658 g/mol. The normalized spacial score (nSPS) is 32.1. The number of anilines is 1. The number of epoxide rings is 1. The second-order valence-corrected chi connectivity index (χ2v) is 13.6. The van der Waals surface area contributed by atoms with E-state index in [9.17, 15) is 24.3 Å². The molecule has 1 aromatic rings. The summed E-state index contributed by atoms with van der Waals surface area (Å²) in [5, 5.41) is 14.4. The van der Waals surface area contributed by atoms with Gasteiger partial charge in [0.05, 0.1) is 25.3 Å². The maximum Gasteiger partial charge on any atom is 0.409 e. The molecular formula is C35H48ClN3O10. The lowest BCUT2D eigenvalue weighted by molar-refractivity contribution is -0.162. The smallest absolute Gasteiger partial charge is 0.409 e. The van der Waals surface area contributed by atoms with Crippen molar-refractivity contribution in [1.82, 2.24) is 10.2 Å². The third-order valence-electron chi connectivity index (χ3n) is 9.83. The van der Waals surface area contributed by atoms with Gasteiger partial charge in [0.15, 0.2) is 5.72 Å². The van der Waals surface area contributed by atoms with E-state index in [-0.39, 0.29) is 30.2 Å². The van der Waals surface area contributed by atoms with Crippen molar-refractivity contribution in [3.05, 3.63) is 46.5 Å². The van der Waals surface area contributed by atoms with Gasteiger partial charge in [-0.15, -0.1) is 0 Å². The van der Waals surface area contributed by atoms with Crippen molar-refractivity contribution in [2.45, 2.75) is 102 Å². The van der Waals surface area contributed by atoms with Gasteiger partial charge in [-0.05, 0) is 44.9 Å². The number of esters is 1. The average molecular weight is 706 g/mol. The van der Waals surface area contributed by atoms with Crippen LogP contribution in [0.15, 0.2) is 35.9 Å². The quantitative estimate of drug-likeness (QED) is 0.329. The molecule has 0 aromatic heterocycles. The summed E-state index contributed by atoms with van der Waals surface area (Å²) in [6, 6.07) is 2.64. The van der Waals surface area contributed by atoms with Gasteiger partial charge in [-0.3, -0.25) is 14.9 Å². The molecule has 4 bridgehead atoms. The SMILES string of the molecule is CCC(=O)N(C)[C@@H](C)C(=O)O[C@H]1CC(=O)N(C)c2cc(cc(OC)c2Cl)C/C(C)=C/C=C[C@@H](OC)[C@@]2(O)C[C@H](OC(=O)N2)[C@@H](C)[C@@H]2O[C@@]12C. The van der Waals surface area contributed by atoms with Crippen LogP contribution < -0.4 is 15.0 Å². The van der Waals surface area contributed by atoms with Crippen LogP contribution in [-0.4, -0.2) is 104 Å². The summed E-state index contributed by atoms with van der Waals surface area (Å²) in [6.45, 7) is 8.68. The monoisotopic (exact) mass is 705 g/mol. The molecule has 2 saturated heterocycles. The lowest BCUT2D eigenvalue weighted by Gasteiger charge is -2.42. The number of rotatable bonds is 6. The number of hydrogen-bond acceptors (Lipinski definition) is 10. The number of methoxy groups -OCH3 is 2. The molecule has 13 nitrogen and oxygen atoms in total. The van der Waals surface area contributed by atoms with E-state index in [1.54, 1.807) is 59.0 Å². The van der Waals surface area contributed by atoms with E-state index in [2.05, 4.69) is 5.32 Å². The van der Waals surface area contributed by atoms with Crippen LogP contribution in [0.25, 0.3) is 0 Å². The fourth-order valence-electron chi connectivity index (χ4n) is 6.47. The van der Waals surface area contributed by atoms with Crippen LogP contribution in [0.4, 0.5) is 10.5 Å². The topological polar surface area (TPSA) is 156 Å². The lowest BCUT2D eigenvalue weighted by atomic mass is 9.83. The Morgan fingerprint density at radius 3 is 2.59 bits per heavy atom. The van der Waals surface area contributed by atoms with Crippen LogP contribution in [-0.2, 0) is 39.8 Å². The Hall–Kier alpha value is -3.65. The van der Waals surface area contributed by atoms with Crippen LogP contribution >= 0.6 is 11.6 Å². The van der Waals surface area contributed by atoms with Crippen molar-refractivity contribution in [3.63, 3.8) is 0 Å². The van der Waals surface area contributed by atoms with Crippen LogP contribution in [0.2, 0.25) is 5.02 Å². The number of carbonyl (C=O) groups is 4. The molecule has 0 spiro atoms. The number of nitrogens with one attached hydrogen (secondary N) is 1. The number of amides is 3. The van der Waals surface area contributed by atoms with Gasteiger partial charge in [0, 0.05) is 40.0 Å². The molecule has 3 amide bonds. The molecule has 14 heteroatoms. The molecule has 3 heterocycles. The predicted molar refractivity (Wildman–Crippen MR) is 181 cm³/mol. The third-order valence-corrected chi connectivity index (χ3v) is 10.2. The molecule has 3 aliphatic heterocycles. The second-order valence-electron chi connectivity index (χ2n) is 13.3. The van der Waals surface area contributed by atoms with Crippen molar-refractivity contribution < 1.29 is 48.0 Å². The first-order valence-corrected chi connectivity index (χ1v) is 16.7. The molecule has 49 heavy (non-hydrogen) atoms. The zero-order valence-electron chi connectivity index (χ0n) is 29.6. The maximum atomic E-state index is 14.0. The number of allylic oxidation sites excluding steroid dienone is 3. The van der Waals surface area contributed by atoms with E-state index in [0.717, 1.165) is 11.1 Å². The highest BCUT2D eigenvalue weighted by atomic mass is 35.5. The molecule has 0 saturated carbocycles. The lowest BCUT2D eigenvalue weighted by Crippen LogP contribution is -2.63. The average Bonchev–Trinajstić information content (AvgIpc) is 3.76. The van der Waals surface area contributed by atoms with Crippen LogP contribution in [0.3, 0.4) is 0 Å². The largest absolute Gasteiger partial charge is 0.495 e. The molecule has 4 rings (SSSR count). The van der Waals surface area contributed by atoms with Gasteiger partial charge in [0.1, 0.15) is 40.7 Å². The summed E-state index contributed by atoms with van der Waals surface area (Å²) >= 11 is 6.72. The van der Waals surface area contributed by atoms with Gasteiger partial charge in [-0.2, -0.15) is 0 Å². The first-order chi connectivity index (χ1) is 23.0. The predicted octanol–water partition coefficient (Wildman–Crippen LogP) is 3.92. The fourth-order valence-corrected chi connectivity index (χ4v) is 6.78. The van der Waals surface area contributed by atoms with Crippen molar-refractivity contribution in [2.75, 3.05) is 33.2 Å². The highest BCUT2D eigenvalue weighted by Crippen LogP contribution is 2.49. The van der Waals surface area contributed by atoms with Gasteiger partial charge < -0.3 is 38.6 Å². The Morgan fingerprint density at radius 2 is 1.96 bits per heavy atom. The number of benzene rings is 1. The molecule has 270 valence electrons.